The number of nitrogens with one attached hydrogen (secondary N) is 2. The molecule has 23 heavy (non-hydrogen) atoms. The van der Waals surface area contributed by atoms with Gasteiger partial charge in [-0.2, -0.15) is 0 Å². The van der Waals surface area contributed by atoms with E-state index in [0.29, 0.717) is 27.9 Å². The van der Waals surface area contributed by atoms with E-state index in [2.05, 4.69) is 10.9 Å². The molecule has 0 fully saturated rings. The largest absolute Gasteiger partial charge is 0.466 e. The Morgan fingerprint density at radius 3 is 2.48 bits per heavy atom. The van der Waals surface area contributed by atoms with Gasteiger partial charge in [-0.25, -0.2) is 0 Å². The Morgan fingerprint density at radius 2 is 1.87 bits per heavy atom. The van der Waals surface area contributed by atoms with Gasteiger partial charge in [0.15, 0.2) is 0 Å². The molecule has 1 aromatic carbocycles. The Hall–Kier alpha value is -1.92. The molecule has 5 nitrogen and oxygen atoms in total. The Kier molecular flexibility index (Phi) is 6.12. The zero-order chi connectivity index (χ0) is 16.8. The minimum Gasteiger partial charge on any atom is -0.466 e. The molecule has 1 aromatic heterocycles. The zero-order valence-corrected chi connectivity index (χ0v) is 14.4. The number of amides is 2. The number of aryl methyl sites for hydroxylation is 2. The fourth-order valence-corrected chi connectivity index (χ4v) is 2.88. The van der Waals surface area contributed by atoms with Crippen molar-refractivity contribution in [2.75, 3.05) is 5.75 Å². The third-order valence-corrected chi connectivity index (χ3v) is 4.28. The van der Waals surface area contributed by atoms with Crippen LogP contribution in [-0.2, 0) is 4.79 Å². The summed E-state index contributed by atoms with van der Waals surface area (Å²) in [6.45, 7) is 3.46. The summed E-state index contributed by atoms with van der Waals surface area (Å²) < 4.78 is 5.28. The molecule has 0 atom stereocenters. The maximum atomic E-state index is 11.9. The molecular weight excluding hydrogens is 336 g/mol. The van der Waals surface area contributed by atoms with Crippen LogP contribution in [0.3, 0.4) is 0 Å². The van der Waals surface area contributed by atoms with E-state index >= 15 is 0 Å². The van der Waals surface area contributed by atoms with Crippen LogP contribution >= 0.6 is 23.4 Å². The maximum absolute atomic E-state index is 11.9. The molecule has 0 saturated carbocycles. The Morgan fingerprint density at radius 1 is 1.17 bits per heavy atom. The summed E-state index contributed by atoms with van der Waals surface area (Å²) in [5.74, 6) is 1.13. The van der Waals surface area contributed by atoms with Crippen LogP contribution in [0.1, 0.15) is 28.3 Å². The first-order chi connectivity index (χ1) is 11.0. The van der Waals surface area contributed by atoms with Crippen molar-refractivity contribution in [3.05, 3.63) is 52.4 Å². The summed E-state index contributed by atoms with van der Waals surface area (Å²) in [6.07, 6.45) is 0.289. The fourth-order valence-electron chi connectivity index (χ4n) is 1.90. The lowest BCUT2D eigenvalue weighted by Crippen LogP contribution is -2.41. The van der Waals surface area contributed by atoms with Gasteiger partial charge >= 0.3 is 0 Å². The first-order valence-corrected chi connectivity index (χ1v) is 8.36. The predicted octanol–water partition coefficient (Wildman–Crippen LogP) is 3.49. The van der Waals surface area contributed by atoms with Crippen LogP contribution in [0.15, 0.2) is 39.6 Å². The highest BCUT2D eigenvalue weighted by Gasteiger charge is 2.13. The van der Waals surface area contributed by atoms with E-state index in [9.17, 15) is 9.59 Å². The standard InChI is InChI=1S/C16H17ClN2O3S/c1-10-9-14(11(2)22-10)16(21)19-18-15(20)7-8-23-13-5-3-12(17)4-6-13/h3-6,9H,7-8H2,1-2H3,(H,18,20)(H,19,21). The van der Waals surface area contributed by atoms with Crippen molar-refractivity contribution in [2.45, 2.75) is 25.2 Å². The summed E-state index contributed by atoms with van der Waals surface area (Å²) in [4.78, 5) is 24.7. The van der Waals surface area contributed by atoms with Crippen molar-refractivity contribution in [1.29, 1.82) is 0 Å². The smallest absolute Gasteiger partial charge is 0.273 e. The van der Waals surface area contributed by atoms with Crippen LogP contribution < -0.4 is 10.9 Å². The average Bonchev–Trinajstić information content (AvgIpc) is 2.85. The lowest BCUT2D eigenvalue weighted by atomic mass is 10.2. The van der Waals surface area contributed by atoms with Gasteiger partial charge in [-0.05, 0) is 44.2 Å². The second-order valence-corrected chi connectivity index (χ2v) is 6.49. The van der Waals surface area contributed by atoms with Crippen molar-refractivity contribution in [1.82, 2.24) is 10.9 Å². The summed E-state index contributed by atoms with van der Waals surface area (Å²) in [7, 11) is 0. The third-order valence-electron chi connectivity index (χ3n) is 3.01. The summed E-state index contributed by atoms with van der Waals surface area (Å²) in [5, 5.41) is 0.680. The topological polar surface area (TPSA) is 71.3 Å². The highest BCUT2D eigenvalue weighted by Crippen LogP contribution is 2.20. The second kappa shape index (κ2) is 8.08. The van der Waals surface area contributed by atoms with Crippen molar-refractivity contribution >= 4 is 35.2 Å². The van der Waals surface area contributed by atoms with Gasteiger partial charge in [-0.1, -0.05) is 11.6 Å². The first-order valence-electron chi connectivity index (χ1n) is 7.00. The predicted molar refractivity (Wildman–Crippen MR) is 90.6 cm³/mol. The van der Waals surface area contributed by atoms with Crippen LogP contribution in [0.4, 0.5) is 0 Å². The molecular formula is C16H17ClN2O3S. The minimum absolute atomic E-state index is 0.252. The van der Waals surface area contributed by atoms with Gasteiger partial charge in [-0.15, -0.1) is 11.8 Å². The number of benzene rings is 1. The molecule has 0 aliphatic heterocycles. The Balaban J connectivity index is 1.71. The molecule has 0 saturated heterocycles. The van der Waals surface area contributed by atoms with Gasteiger partial charge in [0.05, 0.1) is 5.56 Å². The maximum Gasteiger partial charge on any atom is 0.273 e. The number of hydrazine groups is 1. The molecule has 122 valence electrons. The van der Waals surface area contributed by atoms with E-state index in [1.165, 1.54) is 0 Å². The zero-order valence-electron chi connectivity index (χ0n) is 12.8. The summed E-state index contributed by atoms with van der Waals surface area (Å²) in [6, 6.07) is 9.04. The van der Waals surface area contributed by atoms with Gasteiger partial charge in [0.1, 0.15) is 11.5 Å². The van der Waals surface area contributed by atoms with Gasteiger partial charge in [0, 0.05) is 22.1 Å². The quantitative estimate of drug-likeness (QED) is 0.638. The van der Waals surface area contributed by atoms with Crippen LogP contribution in [0.5, 0.6) is 0 Å². The van der Waals surface area contributed by atoms with Crippen molar-refractivity contribution < 1.29 is 14.0 Å². The number of rotatable bonds is 5. The number of halogens is 1. The van der Waals surface area contributed by atoms with Gasteiger partial charge in [-0.3, -0.25) is 20.4 Å². The molecule has 0 radical (unpaired) electrons. The number of thioether (sulfide) groups is 1. The van der Waals surface area contributed by atoms with E-state index in [0.717, 1.165) is 4.90 Å². The third kappa shape index (κ3) is 5.33. The number of furan rings is 1. The molecule has 0 aliphatic carbocycles. The van der Waals surface area contributed by atoms with Crippen molar-refractivity contribution in [3.8, 4) is 0 Å². The molecule has 0 spiro atoms. The van der Waals surface area contributed by atoms with Gasteiger partial charge in [0.2, 0.25) is 5.91 Å². The van der Waals surface area contributed by atoms with E-state index in [1.807, 2.05) is 12.1 Å². The highest BCUT2D eigenvalue weighted by atomic mass is 35.5. The van der Waals surface area contributed by atoms with Crippen LogP contribution in [0.2, 0.25) is 5.02 Å². The Bertz CT molecular complexity index is 698. The van der Waals surface area contributed by atoms with E-state index in [-0.39, 0.29) is 12.3 Å². The lowest BCUT2D eigenvalue weighted by Gasteiger charge is -2.06. The first kappa shape index (κ1) is 17.4. The SMILES string of the molecule is Cc1cc(C(=O)NNC(=O)CCSc2ccc(Cl)cc2)c(C)o1. The molecule has 7 heteroatoms. The molecule has 2 aromatic rings. The molecule has 2 N–H and O–H groups in total. The van der Waals surface area contributed by atoms with Crippen LogP contribution in [0.25, 0.3) is 0 Å². The monoisotopic (exact) mass is 352 g/mol. The molecule has 0 unspecified atom stereocenters. The number of carbonyl (C=O) groups excluding carboxylic acids is 2. The second-order valence-electron chi connectivity index (χ2n) is 4.88. The average molecular weight is 353 g/mol. The molecule has 2 rings (SSSR count). The number of carbonyl (C=O) groups is 2. The summed E-state index contributed by atoms with van der Waals surface area (Å²) in [5.41, 5.74) is 5.20. The van der Waals surface area contributed by atoms with E-state index in [1.54, 1.807) is 43.8 Å². The fraction of sp³-hybridized carbons (Fsp3) is 0.250. The number of hydrogen-bond donors (Lipinski definition) is 2. The van der Waals surface area contributed by atoms with Crippen LogP contribution in [-0.4, -0.2) is 17.6 Å². The number of hydrogen-bond acceptors (Lipinski definition) is 4. The van der Waals surface area contributed by atoms with Gasteiger partial charge in [0.25, 0.3) is 5.91 Å². The summed E-state index contributed by atoms with van der Waals surface area (Å²) >= 11 is 7.36. The van der Waals surface area contributed by atoms with Crippen molar-refractivity contribution in [2.24, 2.45) is 0 Å². The van der Waals surface area contributed by atoms with Crippen molar-refractivity contribution in [3.63, 3.8) is 0 Å². The molecule has 0 bridgehead atoms. The van der Waals surface area contributed by atoms with Gasteiger partial charge < -0.3 is 4.42 Å². The van der Waals surface area contributed by atoms with E-state index in [4.69, 9.17) is 16.0 Å². The Labute approximate surface area is 143 Å². The van der Waals surface area contributed by atoms with E-state index < -0.39 is 5.91 Å². The lowest BCUT2D eigenvalue weighted by molar-refractivity contribution is -0.121. The molecule has 1 heterocycles. The molecule has 2 amide bonds. The minimum atomic E-state index is -0.391. The highest BCUT2D eigenvalue weighted by molar-refractivity contribution is 7.99. The normalized spacial score (nSPS) is 10.4. The molecule has 0 aliphatic rings. The van der Waals surface area contributed by atoms with Crippen LogP contribution in [0, 0.1) is 13.8 Å².